The molecule has 0 fully saturated rings. The number of aliphatic hydroxyl groups is 2. The number of fused-ring (bicyclic) bond motifs is 1. The lowest BCUT2D eigenvalue weighted by atomic mass is 10.0. The zero-order chi connectivity index (χ0) is 27.6. The Balaban J connectivity index is 1.82. The summed E-state index contributed by atoms with van der Waals surface area (Å²) >= 11 is 6.62. The highest BCUT2D eigenvalue weighted by molar-refractivity contribution is 6.33. The van der Waals surface area contributed by atoms with Crippen LogP contribution in [0.2, 0.25) is 5.02 Å². The van der Waals surface area contributed by atoms with Gasteiger partial charge in [-0.05, 0) is 64.6 Å². The molecular formula is C28H33ClN6O3. The number of benzene rings is 1. The number of nitrogens with zero attached hydrogens (tertiary/aromatic N) is 4. The van der Waals surface area contributed by atoms with Crippen molar-refractivity contribution in [1.82, 2.24) is 20.3 Å². The highest BCUT2D eigenvalue weighted by atomic mass is 35.5. The summed E-state index contributed by atoms with van der Waals surface area (Å²) in [6.07, 6.45) is -0.669. The molecule has 1 aliphatic heterocycles. The Hall–Kier alpha value is -3.53. The van der Waals surface area contributed by atoms with E-state index in [1.165, 1.54) is 0 Å². The van der Waals surface area contributed by atoms with Gasteiger partial charge in [-0.2, -0.15) is 0 Å². The van der Waals surface area contributed by atoms with Crippen molar-refractivity contribution in [3.8, 4) is 17.1 Å². The van der Waals surface area contributed by atoms with E-state index in [0.717, 1.165) is 22.5 Å². The van der Waals surface area contributed by atoms with Crippen molar-refractivity contribution in [2.75, 3.05) is 25.1 Å². The Morgan fingerprint density at radius 1 is 1.16 bits per heavy atom. The fourth-order valence-corrected chi connectivity index (χ4v) is 4.76. The molecule has 1 atom stereocenters. The van der Waals surface area contributed by atoms with Crippen molar-refractivity contribution in [3.05, 3.63) is 69.3 Å². The fraction of sp³-hybridized carbons (Fsp3) is 0.357. The average Bonchev–Trinajstić information content (AvgIpc) is 3.27. The molecule has 0 saturated heterocycles. The molecule has 0 aliphatic carbocycles. The molecule has 1 aromatic carbocycles. The number of aliphatic hydroxyl groups excluding tert-OH is 2. The van der Waals surface area contributed by atoms with Gasteiger partial charge in [0.05, 0.1) is 28.5 Å². The average molecular weight is 537 g/mol. The van der Waals surface area contributed by atoms with Crippen LogP contribution in [0.4, 0.5) is 5.82 Å². The van der Waals surface area contributed by atoms with Crippen molar-refractivity contribution < 1.29 is 14.9 Å². The van der Waals surface area contributed by atoms with Crippen LogP contribution in [0.1, 0.15) is 42.1 Å². The van der Waals surface area contributed by atoms with Gasteiger partial charge in [-0.15, -0.1) is 0 Å². The molecule has 200 valence electrons. The van der Waals surface area contributed by atoms with Crippen LogP contribution in [0.15, 0.2) is 36.1 Å². The maximum absolute atomic E-state index is 10.5. The maximum Gasteiger partial charge on any atom is 0.163 e. The van der Waals surface area contributed by atoms with Gasteiger partial charge in [0.2, 0.25) is 0 Å². The monoisotopic (exact) mass is 536 g/mol. The van der Waals surface area contributed by atoms with Crippen LogP contribution in [-0.4, -0.2) is 57.2 Å². The number of aromatic nitrogens is 3. The molecule has 9 nitrogen and oxygen atoms in total. The van der Waals surface area contributed by atoms with Gasteiger partial charge in [0.15, 0.2) is 5.82 Å². The number of halogens is 1. The molecule has 4 rings (SSSR count). The quantitative estimate of drug-likeness (QED) is 0.230. The lowest BCUT2D eigenvalue weighted by Crippen LogP contribution is -2.29. The molecule has 38 heavy (non-hydrogen) atoms. The van der Waals surface area contributed by atoms with Crippen LogP contribution in [0.25, 0.3) is 17.0 Å². The second-order valence-corrected chi connectivity index (χ2v) is 9.92. The van der Waals surface area contributed by atoms with Crippen LogP contribution in [0.3, 0.4) is 0 Å². The van der Waals surface area contributed by atoms with Gasteiger partial charge in [-0.1, -0.05) is 17.7 Å². The van der Waals surface area contributed by atoms with Crippen molar-refractivity contribution >= 4 is 28.7 Å². The van der Waals surface area contributed by atoms with E-state index >= 15 is 0 Å². The standard InChI is InChI=1S/C28H33ClN6O3/c1-15-6-7-19-12-35(13-24(19)32-15)28-16(2)26(25(17(3)30)18(4)36)33-27(34-28)22-10-21(8-9-23(22)29)38-14-20(37)11-31-5/h6-10,20,30-31,36-37H,11-14H2,1-5H3/b25-18+,30-17?/t20-/m1/s1. The molecule has 0 amide bonds. The van der Waals surface area contributed by atoms with Crippen molar-refractivity contribution in [2.45, 2.75) is 46.9 Å². The fourth-order valence-electron chi connectivity index (χ4n) is 4.56. The Labute approximate surface area is 227 Å². The first-order valence-corrected chi connectivity index (χ1v) is 12.8. The van der Waals surface area contributed by atoms with Crippen LogP contribution < -0.4 is 15.0 Å². The van der Waals surface area contributed by atoms with E-state index in [4.69, 9.17) is 36.7 Å². The third-order valence-electron chi connectivity index (χ3n) is 6.36. The second-order valence-electron chi connectivity index (χ2n) is 9.51. The number of nitrogens with one attached hydrogen (secondary N) is 2. The first kappa shape index (κ1) is 27.5. The molecule has 3 aromatic rings. The third kappa shape index (κ3) is 5.80. The van der Waals surface area contributed by atoms with Gasteiger partial charge in [-0.3, -0.25) is 4.98 Å². The van der Waals surface area contributed by atoms with Crippen LogP contribution >= 0.6 is 11.6 Å². The molecular weight excluding hydrogens is 504 g/mol. The molecule has 1 aliphatic rings. The number of anilines is 1. The van der Waals surface area contributed by atoms with Gasteiger partial charge in [0.25, 0.3) is 0 Å². The van der Waals surface area contributed by atoms with Gasteiger partial charge in [-0.25, -0.2) is 9.97 Å². The first-order valence-electron chi connectivity index (χ1n) is 12.4. The number of allylic oxidation sites excluding steroid dienone is 2. The van der Waals surface area contributed by atoms with E-state index in [1.807, 2.05) is 19.9 Å². The first-order chi connectivity index (χ1) is 18.1. The molecule has 3 heterocycles. The van der Waals surface area contributed by atoms with E-state index in [1.54, 1.807) is 39.1 Å². The van der Waals surface area contributed by atoms with Crippen molar-refractivity contribution in [3.63, 3.8) is 0 Å². The van der Waals surface area contributed by atoms with Gasteiger partial charge >= 0.3 is 0 Å². The Bertz CT molecular complexity index is 1400. The predicted molar refractivity (Wildman–Crippen MR) is 150 cm³/mol. The molecule has 4 N–H and O–H groups in total. The minimum absolute atomic E-state index is 0.0000910. The molecule has 2 aromatic heterocycles. The van der Waals surface area contributed by atoms with E-state index in [-0.39, 0.29) is 18.1 Å². The highest BCUT2D eigenvalue weighted by Crippen LogP contribution is 2.36. The molecule has 0 spiro atoms. The van der Waals surface area contributed by atoms with Crippen LogP contribution in [0.5, 0.6) is 5.75 Å². The number of hydrogen-bond donors (Lipinski definition) is 4. The lowest BCUT2D eigenvalue weighted by Gasteiger charge is -2.22. The Kier molecular flexibility index (Phi) is 8.30. The van der Waals surface area contributed by atoms with E-state index in [2.05, 4.69) is 16.3 Å². The number of likely N-dealkylation sites (N-methyl/N-ethyl adjacent to an activating group) is 1. The Morgan fingerprint density at radius 2 is 1.92 bits per heavy atom. The summed E-state index contributed by atoms with van der Waals surface area (Å²) in [7, 11) is 1.76. The zero-order valence-electron chi connectivity index (χ0n) is 22.3. The molecule has 0 unspecified atom stereocenters. The summed E-state index contributed by atoms with van der Waals surface area (Å²) in [5, 5.41) is 32.2. The predicted octanol–water partition coefficient (Wildman–Crippen LogP) is 4.62. The number of pyridine rings is 1. The third-order valence-corrected chi connectivity index (χ3v) is 6.69. The van der Waals surface area contributed by atoms with E-state index in [0.29, 0.717) is 58.9 Å². The molecule has 0 bridgehead atoms. The minimum Gasteiger partial charge on any atom is -0.512 e. The lowest BCUT2D eigenvalue weighted by molar-refractivity contribution is 0.108. The molecule has 0 radical (unpaired) electrons. The number of aryl methyl sites for hydroxylation is 1. The van der Waals surface area contributed by atoms with Crippen molar-refractivity contribution in [1.29, 1.82) is 5.41 Å². The van der Waals surface area contributed by atoms with Crippen LogP contribution in [-0.2, 0) is 13.1 Å². The minimum atomic E-state index is -0.669. The summed E-state index contributed by atoms with van der Waals surface area (Å²) in [5.41, 5.74) is 5.36. The Morgan fingerprint density at radius 3 is 2.61 bits per heavy atom. The second kappa shape index (κ2) is 11.5. The number of ether oxygens (including phenoxy) is 1. The van der Waals surface area contributed by atoms with Crippen molar-refractivity contribution in [2.24, 2.45) is 0 Å². The van der Waals surface area contributed by atoms with Crippen LogP contribution in [0, 0.1) is 19.3 Å². The van der Waals surface area contributed by atoms with Gasteiger partial charge < -0.3 is 30.6 Å². The van der Waals surface area contributed by atoms with Gasteiger partial charge in [0, 0.05) is 35.6 Å². The smallest absolute Gasteiger partial charge is 0.163 e. The molecule has 0 saturated carbocycles. The summed E-state index contributed by atoms with van der Waals surface area (Å²) in [6, 6.07) is 9.25. The summed E-state index contributed by atoms with van der Waals surface area (Å²) in [6.45, 7) is 8.74. The van der Waals surface area contributed by atoms with E-state index in [9.17, 15) is 10.2 Å². The number of rotatable bonds is 9. The normalized spacial score (nSPS) is 14.2. The summed E-state index contributed by atoms with van der Waals surface area (Å²) in [4.78, 5) is 16.5. The number of hydrogen-bond acceptors (Lipinski definition) is 9. The molecule has 10 heteroatoms. The largest absolute Gasteiger partial charge is 0.512 e. The summed E-state index contributed by atoms with van der Waals surface area (Å²) in [5.74, 6) is 1.52. The summed E-state index contributed by atoms with van der Waals surface area (Å²) < 4.78 is 5.79. The maximum atomic E-state index is 10.5. The van der Waals surface area contributed by atoms with E-state index < -0.39 is 6.10 Å². The highest BCUT2D eigenvalue weighted by Gasteiger charge is 2.27. The van der Waals surface area contributed by atoms with Gasteiger partial charge in [0.1, 0.15) is 30.0 Å². The zero-order valence-corrected chi connectivity index (χ0v) is 23.0. The topological polar surface area (TPSA) is 127 Å². The SMILES string of the molecule is CNC[C@@H](O)COc1ccc(Cl)c(-c2nc(/C(C(C)=N)=C(\C)O)c(C)c(N3Cc4ccc(C)nc4C3)n2)c1.